The number of carbonyl (C=O) groups is 1. The minimum Gasteiger partial charge on any atom is -0.497 e. The van der Waals surface area contributed by atoms with Crippen LogP contribution in [0.1, 0.15) is 23.7 Å². The van der Waals surface area contributed by atoms with Gasteiger partial charge >= 0.3 is 0 Å². The number of nitrogens with one attached hydrogen (secondary N) is 1. The number of rotatable bonds is 8. The van der Waals surface area contributed by atoms with E-state index in [0.717, 1.165) is 35.5 Å². The SMILES string of the molecule is C=C1CC(NC(=O)c2c(OC)c3cc(-c4ccc(OC)cc4)cnc3n(CCN3CCOCC3)c2=O)C1C. The number of nitrogens with zero attached hydrogens (tertiary/aromatic N) is 3. The lowest BCUT2D eigenvalue weighted by Crippen LogP contribution is -2.48. The van der Waals surface area contributed by atoms with Crippen molar-refractivity contribution in [3.05, 3.63) is 64.6 Å². The van der Waals surface area contributed by atoms with Crippen LogP contribution in [0.5, 0.6) is 11.5 Å². The van der Waals surface area contributed by atoms with Crippen LogP contribution in [0, 0.1) is 5.92 Å². The summed E-state index contributed by atoms with van der Waals surface area (Å²) in [5.74, 6) is 0.716. The number of carbonyl (C=O) groups excluding carboxylic acids is 1. The van der Waals surface area contributed by atoms with Gasteiger partial charge in [0, 0.05) is 44.0 Å². The van der Waals surface area contributed by atoms with Crippen molar-refractivity contribution in [1.82, 2.24) is 19.8 Å². The van der Waals surface area contributed by atoms with Crippen LogP contribution < -0.4 is 20.3 Å². The first-order valence-corrected chi connectivity index (χ1v) is 12.9. The lowest BCUT2D eigenvalue weighted by atomic mass is 9.76. The molecule has 1 N–H and O–H groups in total. The molecule has 1 saturated heterocycles. The normalized spacial score (nSPS) is 19.7. The maximum Gasteiger partial charge on any atom is 0.268 e. The third kappa shape index (κ3) is 4.91. The highest BCUT2D eigenvalue weighted by atomic mass is 16.5. The van der Waals surface area contributed by atoms with Gasteiger partial charge in [-0.1, -0.05) is 31.2 Å². The van der Waals surface area contributed by atoms with Crippen LogP contribution in [-0.4, -0.2) is 73.5 Å². The highest BCUT2D eigenvalue weighted by Gasteiger charge is 2.34. The molecule has 0 radical (unpaired) electrons. The lowest BCUT2D eigenvalue weighted by Gasteiger charge is -2.37. The van der Waals surface area contributed by atoms with Crippen molar-refractivity contribution in [2.45, 2.75) is 25.9 Å². The van der Waals surface area contributed by atoms with Crippen molar-refractivity contribution in [1.29, 1.82) is 0 Å². The number of hydrogen-bond donors (Lipinski definition) is 1. The molecule has 3 heterocycles. The van der Waals surface area contributed by atoms with Gasteiger partial charge in [-0.05, 0) is 36.1 Å². The highest BCUT2D eigenvalue weighted by molar-refractivity contribution is 6.02. The van der Waals surface area contributed by atoms with Gasteiger partial charge < -0.3 is 19.5 Å². The largest absolute Gasteiger partial charge is 0.497 e. The molecule has 1 saturated carbocycles. The molecule has 2 atom stereocenters. The molecule has 1 aromatic carbocycles. The summed E-state index contributed by atoms with van der Waals surface area (Å²) in [5.41, 5.74) is 2.94. The molecule has 38 heavy (non-hydrogen) atoms. The molecule has 1 aliphatic heterocycles. The Balaban J connectivity index is 1.60. The molecule has 1 aliphatic carbocycles. The Hall–Kier alpha value is -3.69. The van der Waals surface area contributed by atoms with E-state index in [2.05, 4.69) is 16.8 Å². The van der Waals surface area contributed by atoms with Gasteiger partial charge in [0.25, 0.3) is 11.5 Å². The first-order valence-electron chi connectivity index (χ1n) is 12.9. The van der Waals surface area contributed by atoms with Crippen molar-refractivity contribution >= 4 is 16.9 Å². The number of morpholine rings is 1. The van der Waals surface area contributed by atoms with Crippen LogP contribution in [0.4, 0.5) is 0 Å². The van der Waals surface area contributed by atoms with E-state index in [1.807, 2.05) is 37.3 Å². The molecule has 9 nitrogen and oxygen atoms in total. The van der Waals surface area contributed by atoms with E-state index in [4.69, 9.17) is 19.2 Å². The number of ether oxygens (including phenoxy) is 3. The Morgan fingerprint density at radius 2 is 1.87 bits per heavy atom. The zero-order valence-electron chi connectivity index (χ0n) is 22.2. The quantitative estimate of drug-likeness (QED) is 0.458. The first kappa shape index (κ1) is 25.9. The van der Waals surface area contributed by atoms with Gasteiger partial charge in [-0.2, -0.15) is 0 Å². The Morgan fingerprint density at radius 1 is 1.13 bits per heavy atom. The molecular formula is C29H34N4O5. The Kier molecular flexibility index (Phi) is 7.49. The van der Waals surface area contributed by atoms with E-state index >= 15 is 0 Å². The summed E-state index contributed by atoms with van der Waals surface area (Å²) in [5, 5.41) is 3.64. The first-order chi connectivity index (χ1) is 18.4. The molecule has 1 amide bonds. The fourth-order valence-corrected chi connectivity index (χ4v) is 5.12. The summed E-state index contributed by atoms with van der Waals surface area (Å²) in [7, 11) is 3.11. The summed E-state index contributed by atoms with van der Waals surface area (Å²) in [6, 6.07) is 9.53. The van der Waals surface area contributed by atoms with Crippen molar-refractivity contribution < 1.29 is 19.0 Å². The Morgan fingerprint density at radius 3 is 2.50 bits per heavy atom. The van der Waals surface area contributed by atoms with Crippen LogP contribution in [0.15, 0.2) is 53.5 Å². The van der Waals surface area contributed by atoms with Crippen LogP contribution >= 0.6 is 0 Å². The van der Waals surface area contributed by atoms with Gasteiger partial charge in [0.2, 0.25) is 0 Å². The second kappa shape index (κ2) is 11.0. The molecule has 2 unspecified atom stereocenters. The average Bonchev–Trinajstić information content (AvgIpc) is 2.96. The second-order valence-corrected chi connectivity index (χ2v) is 9.87. The van der Waals surface area contributed by atoms with Crippen LogP contribution in [-0.2, 0) is 11.3 Å². The minimum absolute atomic E-state index is 0.000343. The summed E-state index contributed by atoms with van der Waals surface area (Å²) in [4.78, 5) is 34.3. The number of benzene rings is 1. The number of aromatic nitrogens is 2. The molecule has 200 valence electrons. The average molecular weight is 519 g/mol. The number of amides is 1. The van der Waals surface area contributed by atoms with Gasteiger partial charge in [0.1, 0.15) is 22.7 Å². The van der Waals surface area contributed by atoms with Gasteiger partial charge in [-0.15, -0.1) is 0 Å². The molecular weight excluding hydrogens is 484 g/mol. The number of hydrogen-bond acceptors (Lipinski definition) is 7. The number of methoxy groups -OCH3 is 2. The second-order valence-electron chi connectivity index (χ2n) is 9.87. The fraction of sp³-hybridized carbons (Fsp3) is 0.414. The van der Waals surface area contributed by atoms with Crippen LogP contribution in [0.25, 0.3) is 22.2 Å². The Bertz CT molecular complexity index is 1410. The van der Waals surface area contributed by atoms with Gasteiger partial charge in [-0.3, -0.25) is 19.1 Å². The topological polar surface area (TPSA) is 94.9 Å². The minimum atomic E-state index is -0.437. The van der Waals surface area contributed by atoms with Gasteiger partial charge in [0.05, 0.1) is 32.8 Å². The van der Waals surface area contributed by atoms with Crippen molar-refractivity contribution in [2.75, 3.05) is 47.1 Å². The molecule has 9 heteroatoms. The van der Waals surface area contributed by atoms with E-state index in [-0.39, 0.29) is 23.3 Å². The summed E-state index contributed by atoms with van der Waals surface area (Å²) < 4.78 is 18.1. The van der Waals surface area contributed by atoms with Crippen molar-refractivity contribution in [3.63, 3.8) is 0 Å². The standard InChI is InChI=1S/C29H34N4O5/c1-18-15-24(19(18)2)31-28(34)25-26(37-4)23-16-21(20-5-7-22(36-3)8-6-20)17-30-27(23)33(29(25)35)10-9-32-11-13-38-14-12-32/h5-8,16-17,19,24H,1,9-15H2,2-4H3,(H,31,34). The zero-order valence-corrected chi connectivity index (χ0v) is 22.2. The van der Waals surface area contributed by atoms with E-state index in [1.54, 1.807) is 17.9 Å². The predicted octanol–water partition coefficient (Wildman–Crippen LogP) is 3.11. The summed E-state index contributed by atoms with van der Waals surface area (Å²) in [6.07, 6.45) is 2.45. The monoisotopic (exact) mass is 518 g/mol. The maximum atomic E-state index is 13.8. The smallest absolute Gasteiger partial charge is 0.268 e. The molecule has 5 rings (SSSR count). The summed E-state index contributed by atoms with van der Waals surface area (Å²) >= 11 is 0. The third-order valence-corrected chi connectivity index (χ3v) is 7.70. The predicted molar refractivity (Wildman–Crippen MR) is 146 cm³/mol. The molecule has 0 bridgehead atoms. The van der Waals surface area contributed by atoms with Crippen LogP contribution in [0.2, 0.25) is 0 Å². The molecule has 2 fully saturated rings. The van der Waals surface area contributed by atoms with E-state index < -0.39 is 11.5 Å². The molecule has 2 aromatic heterocycles. The van der Waals surface area contributed by atoms with Gasteiger partial charge in [-0.25, -0.2) is 4.98 Å². The van der Waals surface area contributed by atoms with Crippen LogP contribution in [0.3, 0.4) is 0 Å². The summed E-state index contributed by atoms with van der Waals surface area (Å²) in [6.45, 7) is 10.0. The third-order valence-electron chi connectivity index (χ3n) is 7.70. The Labute approximate surface area is 222 Å². The van der Waals surface area contributed by atoms with E-state index in [9.17, 15) is 9.59 Å². The van der Waals surface area contributed by atoms with E-state index in [1.165, 1.54) is 7.11 Å². The lowest BCUT2D eigenvalue weighted by molar-refractivity contribution is 0.0364. The highest BCUT2D eigenvalue weighted by Crippen LogP contribution is 2.34. The van der Waals surface area contributed by atoms with Gasteiger partial charge in [0.15, 0.2) is 0 Å². The van der Waals surface area contributed by atoms with Crippen molar-refractivity contribution in [3.8, 4) is 22.6 Å². The fourth-order valence-electron chi connectivity index (χ4n) is 5.12. The van der Waals surface area contributed by atoms with Crippen molar-refractivity contribution in [2.24, 2.45) is 5.92 Å². The molecule has 0 spiro atoms. The number of pyridine rings is 2. The van der Waals surface area contributed by atoms with E-state index in [0.29, 0.717) is 43.8 Å². The number of fused-ring (bicyclic) bond motifs is 1. The molecule has 3 aromatic rings. The molecule has 2 aliphatic rings. The zero-order chi connectivity index (χ0) is 26.8. The maximum absolute atomic E-state index is 13.8.